The van der Waals surface area contributed by atoms with Gasteiger partial charge in [-0.25, -0.2) is 0 Å². The highest BCUT2D eigenvalue weighted by Crippen LogP contribution is 2.16. The summed E-state index contributed by atoms with van der Waals surface area (Å²) in [5.41, 5.74) is 0.608. The van der Waals surface area contributed by atoms with Gasteiger partial charge >= 0.3 is 0 Å². The van der Waals surface area contributed by atoms with Gasteiger partial charge in [-0.3, -0.25) is 4.79 Å². The van der Waals surface area contributed by atoms with Crippen molar-refractivity contribution in [3.8, 4) is 5.75 Å². The Hall–Kier alpha value is -2.03. The van der Waals surface area contributed by atoms with E-state index in [4.69, 9.17) is 0 Å². The highest BCUT2D eigenvalue weighted by Gasteiger charge is 1.94. The van der Waals surface area contributed by atoms with Gasteiger partial charge in [0.25, 0.3) is 0 Å². The molecule has 1 aromatic rings. The average Bonchev–Trinajstić information content (AvgIpc) is 2.25. The molecule has 0 aromatic heterocycles. The molecule has 0 bridgehead atoms. The number of rotatable bonds is 4. The Morgan fingerprint density at radius 3 is 2.73 bits per heavy atom. The van der Waals surface area contributed by atoms with E-state index in [0.717, 1.165) is 0 Å². The number of carbonyl (C=O) groups excluding carboxylic acids is 1. The third kappa shape index (κ3) is 3.68. The first kappa shape index (κ1) is 11.0. The number of ketones is 1. The Balaban J connectivity index is 2.70. The second kappa shape index (κ2) is 5.65. The molecule has 3 nitrogen and oxygen atoms in total. The van der Waals surface area contributed by atoms with Crippen LogP contribution in [-0.2, 0) is 9.53 Å². The van der Waals surface area contributed by atoms with Crippen molar-refractivity contribution in [2.24, 2.45) is 0 Å². The summed E-state index contributed by atoms with van der Waals surface area (Å²) in [7, 11) is 1.47. The first-order chi connectivity index (χ1) is 7.24. The van der Waals surface area contributed by atoms with Crippen LogP contribution in [0.25, 0.3) is 6.08 Å². The van der Waals surface area contributed by atoms with Crippen molar-refractivity contribution < 1.29 is 14.6 Å². The highest BCUT2D eigenvalue weighted by molar-refractivity contribution is 6.02. The Bertz CT molecular complexity index is 392. The standard InChI is InChI=1S/C12H12O3/c1-15-9-8-11(13)7-6-10-4-2-3-5-12(10)14/h2-9,14H,1H3. The summed E-state index contributed by atoms with van der Waals surface area (Å²) in [5, 5.41) is 9.39. The molecule has 0 aliphatic heterocycles. The third-order valence-corrected chi connectivity index (χ3v) is 1.73. The van der Waals surface area contributed by atoms with Gasteiger partial charge in [0, 0.05) is 11.6 Å². The lowest BCUT2D eigenvalue weighted by Crippen LogP contribution is -1.85. The van der Waals surface area contributed by atoms with E-state index in [0.29, 0.717) is 5.56 Å². The van der Waals surface area contributed by atoms with E-state index < -0.39 is 0 Å². The minimum atomic E-state index is -0.194. The largest absolute Gasteiger partial charge is 0.507 e. The van der Waals surface area contributed by atoms with Gasteiger partial charge in [0.05, 0.1) is 13.4 Å². The summed E-state index contributed by atoms with van der Waals surface area (Å²) < 4.78 is 4.60. The molecule has 0 saturated heterocycles. The van der Waals surface area contributed by atoms with Crippen LogP contribution in [0.4, 0.5) is 0 Å². The van der Waals surface area contributed by atoms with Crippen LogP contribution in [0.1, 0.15) is 5.56 Å². The van der Waals surface area contributed by atoms with E-state index in [2.05, 4.69) is 4.74 Å². The monoisotopic (exact) mass is 204 g/mol. The van der Waals surface area contributed by atoms with Crippen LogP contribution in [0.5, 0.6) is 5.75 Å². The van der Waals surface area contributed by atoms with E-state index in [1.165, 1.54) is 25.5 Å². The molecular weight excluding hydrogens is 192 g/mol. The average molecular weight is 204 g/mol. The van der Waals surface area contributed by atoms with Gasteiger partial charge in [-0.2, -0.15) is 0 Å². The zero-order valence-corrected chi connectivity index (χ0v) is 8.38. The predicted molar refractivity (Wildman–Crippen MR) is 58.3 cm³/mol. The Morgan fingerprint density at radius 2 is 2.07 bits per heavy atom. The highest BCUT2D eigenvalue weighted by atomic mass is 16.5. The van der Waals surface area contributed by atoms with E-state index >= 15 is 0 Å². The fourth-order valence-corrected chi connectivity index (χ4v) is 0.991. The molecule has 0 radical (unpaired) electrons. The fraction of sp³-hybridized carbons (Fsp3) is 0.0833. The van der Waals surface area contributed by atoms with Crippen LogP contribution in [0, 0.1) is 0 Å². The normalized spacial score (nSPS) is 11.0. The summed E-state index contributed by atoms with van der Waals surface area (Å²) in [6.07, 6.45) is 5.52. The van der Waals surface area contributed by atoms with Crippen molar-refractivity contribution in [3.63, 3.8) is 0 Å². The number of phenolic OH excluding ortho intramolecular Hbond substituents is 1. The first-order valence-electron chi connectivity index (χ1n) is 4.43. The maximum absolute atomic E-state index is 11.2. The van der Waals surface area contributed by atoms with E-state index in [-0.39, 0.29) is 11.5 Å². The van der Waals surface area contributed by atoms with Gasteiger partial charge in [-0.1, -0.05) is 18.2 Å². The van der Waals surface area contributed by atoms with Gasteiger partial charge < -0.3 is 9.84 Å². The topological polar surface area (TPSA) is 46.5 Å². The molecule has 1 N–H and O–H groups in total. The van der Waals surface area contributed by atoms with Crippen molar-refractivity contribution in [2.45, 2.75) is 0 Å². The Kier molecular flexibility index (Phi) is 4.16. The lowest BCUT2D eigenvalue weighted by Gasteiger charge is -1.95. The summed E-state index contributed by atoms with van der Waals surface area (Å²) in [5.74, 6) is -0.0441. The minimum absolute atomic E-state index is 0.150. The van der Waals surface area contributed by atoms with Gasteiger partial charge in [0.1, 0.15) is 5.75 Å². The second-order valence-electron chi connectivity index (χ2n) is 2.83. The van der Waals surface area contributed by atoms with Gasteiger partial charge in [-0.15, -0.1) is 0 Å². The molecule has 0 unspecified atom stereocenters. The predicted octanol–water partition coefficient (Wildman–Crippen LogP) is 2.13. The second-order valence-corrected chi connectivity index (χ2v) is 2.83. The van der Waals surface area contributed by atoms with Gasteiger partial charge in [0.15, 0.2) is 5.78 Å². The van der Waals surface area contributed by atoms with Gasteiger partial charge in [0.2, 0.25) is 0 Å². The molecule has 0 spiro atoms. The molecular formula is C12H12O3. The molecule has 0 aliphatic carbocycles. The first-order valence-corrected chi connectivity index (χ1v) is 4.43. The molecule has 0 aliphatic rings. The van der Waals surface area contributed by atoms with Crippen LogP contribution in [0.15, 0.2) is 42.7 Å². The van der Waals surface area contributed by atoms with Crippen LogP contribution >= 0.6 is 0 Å². The smallest absolute Gasteiger partial charge is 0.181 e. The number of para-hydroxylation sites is 1. The number of methoxy groups -OCH3 is 1. The Labute approximate surface area is 88.3 Å². The number of benzene rings is 1. The molecule has 0 amide bonds. The SMILES string of the molecule is COC=CC(=O)C=Cc1ccccc1O. The fourth-order valence-electron chi connectivity index (χ4n) is 0.991. The van der Waals surface area contributed by atoms with Crippen LogP contribution in [-0.4, -0.2) is 18.0 Å². The van der Waals surface area contributed by atoms with Crippen LogP contribution in [0.3, 0.4) is 0 Å². The molecule has 15 heavy (non-hydrogen) atoms. The zero-order valence-electron chi connectivity index (χ0n) is 8.38. The van der Waals surface area contributed by atoms with Crippen molar-refractivity contribution in [2.75, 3.05) is 7.11 Å². The van der Waals surface area contributed by atoms with Crippen molar-refractivity contribution in [1.82, 2.24) is 0 Å². The van der Waals surface area contributed by atoms with Gasteiger partial charge in [-0.05, 0) is 18.2 Å². The number of carbonyl (C=O) groups is 1. The lowest BCUT2D eigenvalue weighted by molar-refractivity contribution is -0.110. The molecule has 0 atom stereocenters. The number of allylic oxidation sites excluding steroid dienone is 2. The van der Waals surface area contributed by atoms with Crippen LogP contribution in [0.2, 0.25) is 0 Å². The van der Waals surface area contributed by atoms with Crippen LogP contribution < -0.4 is 0 Å². The number of ether oxygens (including phenoxy) is 1. The number of aromatic hydroxyl groups is 1. The number of hydrogen-bond acceptors (Lipinski definition) is 3. The maximum atomic E-state index is 11.2. The van der Waals surface area contributed by atoms with Crippen molar-refractivity contribution >= 4 is 11.9 Å². The molecule has 1 aromatic carbocycles. The molecule has 0 heterocycles. The zero-order chi connectivity index (χ0) is 11.1. The lowest BCUT2D eigenvalue weighted by atomic mass is 10.2. The third-order valence-electron chi connectivity index (χ3n) is 1.73. The summed E-state index contributed by atoms with van der Waals surface area (Å²) in [4.78, 5) is 11.2. The minimum Gasteiger partial charge on any atom is -0.507 e. The van der Waals surface area contributed by atoms with E-state index in [1.807, 2.05) is 0 Å². The quantitative estimate of drug-likeness (QED) is 0.603. The maximum Gasteiger partial charge on any atom is 0.181 e. The summed E-state index contributed by atoms with van der Waals surface area (Å²) >= 11 is 0. The summed E-state index contributed by atoms with van der Waals surface area (Å²) in [6.45, 7) is 0. The number of phenols is 1. The molecule has 78 valence electrons. The van der Waals surface area contributed by atoms with E-state index in [9.17, 15) is 9.90 Å². The molecule has 0 fully saturated rings. The van der Waals surface area contributed by atoms with Crippen molar-refractivity contribution in [1.29, 1.82) is 0 Å². The molecule has 1 rings (SSSR count). The van der Waals surface area contributed by atoms with Crippen molar-refractivity contribution in [3.05, 3.63) is 48.2 Å². The Morgan fingerprint density at radius 1 is 1.33 bits per heavy atom. The molecule has 0 saturated carbocycles. The number of hydrogen-bond donors (Lipinski definition) is 1. The van der Waals surface area contributed by atoms with E-state index in [1.54, 1.807) is 30.3 Å². The molecule has 3 heteroatoms. The summed E-state index contributed by atoms with van der Waals surface area (Å²) in [6, 6.07) is 6.79.